The number of nitrogens with zero attached hydrogens (tertiary/aromatic N) is 2. The van der Waals surface area contributed by atoms with Gasteiger partial charge in [-0.2, -0.15) is 11.8 Å². The normalized spacial score (nSPS) is 12.9. The Morgan fingerprint density at radius 3 is 2.37 bits per heavy atom. The number of hydrogen-bond acceptors (Lipinski definition) is 6. The van der Waals surface area contributed by atoms with Gasteiger partial charge in [-0.25, -0.2) is 0 Å². The summed E-state index contributed by atoms with van der Waals surface area (Å²) < 4.78 is 0. The third kappa shape index (κ3) is 8.23. The van der Waals surface area contributed by atoms with Gasteiger partial charge < -0.3 is 20.6 Å². The van der Waals surface area contributed by atoms with Crippen molar-refractivity contribution >= 4 is 46.6 Å². The van der Waals surface area contributed by atoms with Gasteiger partial charge in [-0.05, 0) is 79.4 Å². The molecule has 0 spiro atoms. The van der Waals surface area contributed by atoms with E-state index in [0.29, 0.717) is 39.7 Å². The van der Waals surface area contributed by atoms with Crippen molar-refractivity contribution in [2.75, 3.05) is 34.4 Å². The highest BCUT2D eigenvalue weighted by Gasteiger charge is 2.18. The number of piperidine rings is 1. The summed E-state index contributed by atoms with van der Waals surface area (Å²) in [7, 11) is 0. The lowest BCUT2D eigenvalue weighted by atomic mass is 10.0. The number of aliphatic carboxylic acids is 1. The molecule has 1 aromatic heterocycles. The molecular weight excluding hydrogens is 560 g/mol. The van der Waals surface area contributed by atoms with Gasteiger partial charge in [-0.3, -0.25) is 19.4 Å². The van der Waals surface area contributed by atoms with Crippen LogP contribution in [0.3, 0.4) is 0 Å². The second-order valence-corrected chi connectivity index (χ2v) is 11.5. The zero-order chi connectivity index (χ0) is 30.0. The molecule has 3 aromatic carbocycles. The topological polar surface area (TPSA) is 112 Å². The van der Waals surface area contributed by atoms with Crippen LogP contribution < -0.4 is 15.5 Å². The van der Waals surface area contributed by atoms with Crippen molar-refractivity contribution in [3.05, 3.63) is 108 Å². The highest BCUT2D eigenvalue weighted by Crippen LogP contribution is 2.33. The minimum atomic E-state index is -0.820. The zero-order valence-corrected chi connectivity index (χ0v) is 24.6. The maximum atomic E-state index is 13.4. The number of pyridine rings is 1. The molecular formula is C34H34N4O4S. The molecule has 43 heavy (non-hydrogen) atoms. The van der Waals surface area contributed by atoms with Crippen molar-refractivity contribution in [3.63, 3.8) is 0 Å². The molecule has 0 atom stereocenters. The lowest BCUT2D eigenvalue weighted by Gasteiger charge is -2.29. The van der Waals surface area contributed by atoms with E-state index in [0.717, 1.165) is 42.7 Å². The second-order valence-electron chi connectivity index (χ2n) is 10.4. The first-order valence-electron chi connectivity index (χ1n) is 14.4. The first kappa shape index (κ1) is 29.8. The predicted molar refractivity (Wildman–Crippen MR) is 173 cm³/mol. The molecule has 1 fully saturated rings. The maximum absolute atomic E-state index is 13.4. The standard InChI is InChI=1S/C34H34N4O4S/c39-32(40)15-19-43-23-24-8-7-9-25(20-24)34(42)37-30-13-12-28(38-17-5-2-6-18-38)22-29(30)31-21-26(14-16-35-31)33(41)36-27-10-3-1-4-11-27/h1,3-4,7-14,16,20-22H,2,5-6,15,17-19,23H2,(H,36,41)(H,37,42)(H,39,40). The number of rotatable bonds is 11. The maximum Gasteiger partial charge on any atom is 0.304 e. The Balaban J connectivity index is 1.40. The number of anilines is 3. The van der Waals surface area contributed by atoms with E-state index in [1.807, 2.05) is 66.7 Å². The fourth-order valence-corrected chi connectivity index (χ4v) is 5.87. The fraction of sp³-hybridized carbons (Fsp3) is 0.235. The third-order valence-corrected chi connectivity index (χ3v) is 8.25. The van der Waals surface area contributed by atoms with Crippen LogP contribution in [0.2, 0.25) is 0 Å². The van der Waals surface area contributed by atoms with E-state index in [1.165, 1.54) is 18.2 Å². The van der Waals surface area contributed by atoms with Gasteiger partial charge in [0.25, 0.3) is 11.8 Å². The number of carboxylic acid groups (broad SMARTS) is 1. The van der Waals surface area contributed by atoms with Crippen LogP contribution in [0.1, 0.15) is 52.0 Å². The Labute approximate surface area is 255 Å². The molecule has 220 valence electrons. The Bertz CT molecular complexity index is 1590. The molecule has 2 heterocycles. The molecule has 1 saturated heterocycles. The van der Waals surface area contributed by atoms with Crippen LogP contribution in [0, 0.1) is 0 Å². The number of amides is 2. The van der Waals surface area contributed by atoms with Crippen molar-refractivity contribution in [2.45, 2.75) is 31.4 Å². The van der Waals surface area contributed by atoms with Gasteiger partial charge in [0.05, 0.1) is 17.8 Å². The van der Waals surface area contributed by atoms with Crippen LogP contribution in [0.15, 0.2) is 91.1 Å². The number of hydrogen-bond donors (Lipinski definition) is 3. The Hall–Kier alpha value is -4.63. The summed E-state index contributed by atoms with van der Waals surface area (Å²) in [5.74, 6) is -0.201. The number of nitrogens with one attached hydrogen (secondary N) is 2. The van der Waals surface area contributed by atoms with Crippen LogP contribution in [0.25, 0.3) is 11.3 Å². The van der Waals surface area contributed by atoms with E-state index < -0.39 is 5.97 Å². The van der Waals surface area contributed by atoms with Crippen molar-refractivity contribution < 1.29 is 19.5 Å². The van der Waals surface area contributed by atoms with Gasteiger partial charge in [0, 0.05) is 58.9 Å². The largest absolute Gasteiger partial charge is 0.481 e. The number of para-hydroxylation sites is 1. The Kier molecular flexibility index (Phi) is 10.1. The molecule has 0 unspecified atom stereocenters. The molecule has 0 radical (unpaired) electrons. The molecule has 4 aromatic rings. The van der Waals surface area contributed by atoms with E-state index in [2.05, 4.69) is 20.5 Å². The number of carboxylic acids is 1. The van der Waals surface area contributed by atoms with Crippen molar-refractivity contribution in [3.8, 4) is 11.3 Å². The number of benzene rings is 3. The number of carbonyl (C=O) groups excluding carboxylic acids is 2. The van der Waals surface area contributed by atoms with E-state index in [9.17, 15) is 14.4 Å². The van der Waals surface area contributed by atoms with E-state index in [-0.39, 0.29) is 18.2 Å². The van der Waals surface area contributed by atoms with Crippen LogP contribution in [-0.4, -0.2) is 46.7 Å². The van der Waals surface area contributed by atoms with Crippen molar-refractivity contribution in [1.29, 1.82) is 0 Å². The molecule has 0 bridgehead atoms. The quantitative estimate of drug-likeness (QED) is 0.161. The van der Waals surface area contributed by atoms with Crippen LogP contribution in [-0.2, 0) is 10.5 Å². The lowest BCUT2D eigenvalue weighted by molar-refractivity contribution is -0.136. The molecule has 1 aliphatic heterocycles. The minimum Gasteiger partial charge on any atom is -0.481 e. The van der Waals surface area contributed by atoms with Crippen LogP contribution in [0.5, 0.6) is 0 Å². The van der Waals surface area contributed by atoms with Gasteiger partial charge >= 0.3 is 5.97 Å². The monoisotopic (exact) mass is 594 g/mol. The van der Waals surface area contributed by atoms with Gasteiger partial charge in [0.15, 0.2) is 0 Å². The van der Waals surface area contributed by atoms with E-state index in [1.54, 1.807) is 24.4 Å². The minimum absolute atomic E-state index is 0.101. The molecule has 0 saturated carbocycles. The van der Waals surface area contributed by atoms with Gasteiger partial charge in [-0.15, -0.1) is 0 Å². The smallest absolute Gasteiger partial charge is 0.304 e. The van der Waals surface area contributed by atoms with Crippen molar-refractivity contribution in [2.24, 2.45) is 0 Å². The van der Waals surface area contributed by atoms with E-state index in [4.69, 9.17) is 5.11 Å². The van der Waals surface area contributed by atoms with Gasteiger partial charge in [0.2, 0.25) is 0 Å². The molecule has 5 rings (SSSR count). The average Bonchev–Trinajstić information content (AvgIpc) is 3.04. The third-order valence-electron chi connectivity index (χ3n) is 7.22. The lowest BCUT2D eigenvalue weighted by Crippen LogP contribution is -2.29. The van der Waals surface area contributed by atoms with Gasteiger partial charge in [-0.1, -0.05) is 30.3 Å². The molecule has 3 N–H and O–H groups in total. The average molecular weight is 595 g/mol. The summed E-state index contributed by atoms with van der Waals surface area (Å²) in [5, 5.41) is 14.9. The van der Waals surface area contributed by atoms with Gasteiger partial charge in [0.1, 0.15) is 0 Å². The molecule has 0 aliphatic carbocycles. The molecule has 9 heteroatoms. The summed E-state index contributed by atoms with van der Waals surface area (Å²) in [6.45, 7) is 1.94. The fourth-order valence-electron chi connectivity index (χ4n) is 4.99. The highest BCUT2D eigenvalue weighted by molar-refractivity contribution is 7.98. The summed E-state index contributed by atoms with van der Waals surface area (Å²) in [6, 6.07) is 26.0. The van der Waals surface area contributed by atoms with Crippen LogP contribution >= 0.6 is 11.8 Å². The zero-order valence-electron chi connectivity index (χ0n) is 23.8. The van der Waals surface area contributed by atoms with E-state index >= 15 is 0 Å². The molecule has 1 aliphatic rings. The summed E-state index contributed by atoms with van der Waals surface area (Å²) in [6.07, 6.45) is 5.19. The molecule has 2 amide bonds. The first-order chi connectivity index (χ1) is 21.0. The van der Waals surface area contributed by atoms with Crippen LogP contribution in [0.4, 0.5) is 17.1 Å². The van der Waals surface area contributed by atoms with Crippen molar-refractivity contribution in [1.82, 2.24) is 4.98 Å². The predicted octanol–water partition coefficient (Wildman–Crippen LogP) is 6.95. The first-order valence-corrected chi connectivity index (χ1v) is 15.5. The number of carbonyl (C=O) groups is 3. The highest BCUT2D eigenvalue weighted by atomic mass is 32.2. The number of aromatic nitrogens is 1. The Morgan fingerprint density at radius 1 is 0.814 bits per heavy atom. The SMILES string of the molecule is O=C(O)CCSCc1cccc(C(=O)Nc2ccc(N3CCCCC3)cc2-c2cc(C(=O)Nc3ccccc3)ccn2)c1. The second kappa shape index (κ2) is 14.5. The summed E-state index contributed by atoms with van der Waals surface area (Å²) in [5.41, 5.74) is 5.57. The molecule has 8 nitrogen and oxygen atoms in total. The Morgan fingerprint density at radius 2 is 1.58 bits per heavy atom. The number of thioether (sulfide) groups is 1. The summed E-state index contributed by atoms with van der Waals surface area (Å²) >= 11 is 1.52. The summed E-state index contributed by atoms with van der Waals surface area (Å²) in [4.78, 5) is 44.3.